The van der Waals surface area contributed by atoms with Crippen LogP contribution in [0.4, 0.5) is 0 Å². The Balaban J connectivity index is 2.12. The van der Waals surface area contributed by atoms with Gasteiger partial charge in [0.15, 0.2) is 0 Å². The Bertz CT molecular complexity index is 785. The minimum Gasteiger partial charge on any atom is -0.458 e. The van der Waals surface area contributed by atoms with E-state index in [0.717, 1.165) is 4.90 Å². The van der Waals surface area contributed by atoms with Crippen molar-refractivity contribution in [1.82, 2.24) is 20.9 Å². The zero-order chi connectivity index (χ0) is 25.6. The van der Waals surface area contributed by atoms with Gasteiger partial charge in [-0.15, -0.1) is 11.6 Å². The molecule has 2 rings (SSSR count). The molecule has 0 spiro atoms. The molecule has 192 valence electrons. The van der Waals surface area contributed by atoms with Gasteiger partial charge in [0.2, 0.25) is 11.8 Å². The van der Waals surface area contributed by atoms with Crippen LogP contribution in [0.15, 0.2) is 0 Å². The van der Waals surface area contributed by atoms with Crippen LogP contribution in [0.2, 0.25) is 0 Å². The molecule has 11 nitrogen and oxygen atoms in total. The quantitative estimate of drug-likeness (QED) is 0.220. The number of nitrogens with two attached hydrogens (primary N) is 1. The first-order valence-corrected chi connectivity index (χ1v) is 12.0. The van der Waals surface area contributed by atoms with Gasteiger partial charge < -0.3 is 21.1 Å². The number of halogens is 1. The number of nitrogens with zero attached hydrogens (tertiary/aromatic N) is 1. The van der Waals surface area contributed by atoms with Crippen LogP contribution in [-0.4, -0.2) is 76.8 Å². The fourth-order valence-corrected chi connectivity index (χ4v) is 4.56. The Labute approximate surface area is 204 Å². The van der Waals surface area contributed by atoms with Crippen LogP contribution in [0.1, 0.15) is 59.8 Å². The molecule has 5 N–H and O–H groups in total. The predicted molar refractivity (Wildman–Crippen MR) is 124 cm³/mol. The molecule has 2 unspecified atom stereocenters. The first-order valence-electron chi connectivity index (χ1n) is 11.6. The van der Waals surface area contributed by atoms with E-state index in [9.17, 15) is 24.0 Å². The minimum atomic E-state index is -0.941. The van der Waals surface area contributed by atoms with Crippen molar-refractivity contribution in [2.45, 2.75) is 89.0 Å². The van der Waals surface area contributed by atoms with Crippen LogP contribution in [0.5, 0.6) is 0 Å². The number of imide groups is 1. The first kappa shape index (κ1) is 28.0. The van der Waals surface area contributed by atoms with E-state index in [1.807, 2.05) is 0 Å². The minimum absolute atomic E-state index is 0.0220. The summed E-state index contributed by atoms with van der Waals surface area (Å²) < 4.78 is 5.55. The number of carbonyl (C=O) groups excluding carboxylic acids is 5. The zero-order valence-electron chi connectivity index (χ0n) is 20.2. The highest BCUT2D eigenvalue weighted by atomic mass is 35.5. The first-order chi connectivity index (χ1) is 15.8. The largest absolute Gasteiger partial charge is 0.458 e. The van der Waals surface area contributed by atoms with E-state index in [1.165, 1.54) is 13.8 Å². The molecule has 0 aromatic heterocycles. The molecule has 4 amide bonds. The second kappa shape index (κ2) is 11.9. The second-order valence-corrected chi connectivity index (χ2v) is 10.2. The number of hydrogen-bond acceptors (Lipinski definition) is 8. The van der Waals surface area contributed by atoms with Crippen molar-refractivity contribution in [2.24, 2.45) is 11.7 Å². The van der Waals surface area contributed by atoms with Crippen LogP contribution < -0.4 is 21.7 Å². The van der Waals surface area contributed by atoms with Gasteiger partial charge in [0.1, 0.15) is 5.60 Å². The molecular weight excluding hydrogens is 466 g/mol. The number of amides is 4. The Morgan fingerprint density at radius 2 is 1.65 bits per heavy atom. The molecule has 2 aliphatic rings. The van der Waals surface area contributed by atoms with Crippen LogP contribution in [0.25, 0.3) is 0 Å². The highest BCUT2D eigenvalue weighted by molar-refractivity contribution is 6.35. The SMILES string of the molecule is CC(=O)N(C(C)=O)[C@H]1CC[C@H](NC(=O)C(=O)NC2CCC(Cl)CN2)[C@H](C(=O)OC(C)(C)CN)C1. The fourth-order valence-electron chi connectivity index (χ4n) is 4.34. The van der Waals surface area contributed by atoms with Gasteiger partial charge in [0.25, 0.3) is 0 Å². The molecule has 0 bridgehead atoms. The molecule has 0 aromatic rings. The molecule has 0 aromatic carbocycles. The van der Waals surface area contributed by atoms with Crippen LogP contribution in [0.3, 0.4) is 0 Å². The van der Waals surface area contributed by atoms with Crippen molar-refractivity contribution in [2.75, 3.05) is 13.1 Å². The number of ether oxygens (including phenoxy) is 1. The number of esters is 1. The molecule has 1 saturated heterocycles. The number of rotatable bonds is 6. The van der Waals surface area contributed by atoms with Gasteiger partial charge in [-0.3, -0.25) is 34.2 Å². The van der Waals surface area contributed by atoms with E-state index in [0.29, 0.717) is 25.8 Å². The molecule has 1 aliphatic heterocycles. The Morgan fingerprint density at radius 3 is 2.18 bits per heavy atom. The van der Waals surface area contributed by atoms with E-state index in [1.54, 1.807) is 13.8 Å². The number of carbonyl (C=O) groups is 5. The fraction of sp³-hybridized carbons (Fsp3) is 0.773. The Morgan fingerprint density at radius 1 is 1.03 bits per heavy atom. The Hall–Kier alpha value is -2.24. The third kappa shape index (κ3) is 7.64. The van der Waals surface area contributed by atoms with Gasteiger partial charge in [-0.05, 0) is 46.0 Å². The van der Waals surface area contributed by atoms with Crippen molar-refractivity contribution in [3.63, 3.8) is 0 Å². The third-order valence-electron chi connectivity index (χ3n) is 6.22. The molecule has 2 fully saturated rings. The molecule has 0 radical (unpaired) electrons. The summed E-state index contributed by atoms with van der Waals surface area (Å²) in [6, 6.07) is -1.23. The lowest BCUT2D eigenvalue weighted by molar-refractivity contribution is -0.166. The number of piperidine rings is 1. The van der Waals surface area contributed by atoms with Crippen molar-refractivity contribution < 1.29 is 28.7 Å². The number of alkyl halides is 1. The van der Waals surface area contributed by atoms with E-state index in [-0.39, 0.29) is 30.9 Å². The van der Waals surface area contributed by atoms with Gasteiger partial charge in [-0.25, -0.2) is 0 Å². The summed E-state index contributed by atoms with van der Waals surface area (Å²) in [6.45, 7) is 6.50. The van der Waals surface area contributed by atoms with E-state index in [2.05, 4.69) is 16.0 Å². The van der Waals surface area contributed by atoms with Crippen molar-refractivity contribution in [1.29, 1.82) is 0 Å². The van der Waals surface area contributed by atoms with Crippen molar-refractivity contribution >= 4 is 41.2 Å². The van der Waals surface area contributed by atoms with Crippen LogP contribution in [0, 0.1) is 5.92 Å². The molecule has 5 atom stereocenters. The van der Waals surface area contributed by atoms with Crippen LogP contribution >= 0.6 is 11.6 Å². The standard InChI is InChI=1S/C22H36ClN5O6/c1-12(29)28(13(2)30)15-6-7-17(16(9-15)21(33)34-22(3,4)11-24)26-19(31)20(32)27-18-8-5-14(23)10-25-18/h14-18,25H,5-11,24H2,1-4H3,(H,26,31)(H,27,32)/t14?,15-,16+,17-,18?/m0/s1. The topological polar surface area (TPSA) is 160 Å². The molecule has 12 heteroatoms. The maximum atomic E-state index is 13.0. The van der Waals surface area contributed by atoms with Gasteiger partial charge in [0.05, 0.1) is 12.1 Å². The van der Waals surface area contributed by atoms with Gasteiger partial charge in [-0.1, -0.05) is 0 Å². The molecular formula is C22H36ClN5O6. The van der Waals surface area contributed by atoms with E-state index in [4.69, 9.17) is 22.1 Å². The summed E-state index contributed by atoms with van der Waals surface area (Å²) in [5.41, 5.74) is 4.74. The lowest BCUT2D eigenvalue weighted by Crippen LogP contribution is -2.58. The smallest absolute Gasteiger partial charge is 0.311 e. The normalized spacial score (nSPS) is 27.3. The summed E-state index contributed by atoms with van der Waals surface area (Å²) in [4.78, 5) is 63.3. The van der Waals surface area contributed by atoms with E-state index >= 15 is 0 Å². The average molecular weight is 502 g/mol. The van der Waals surface area contributed by atoms with Crippen LogP contribution in [-0.2, 0) is 28.7 Å². The number of hydrogen-bond donors (Lipinski definition) is 4. The maximum absolute atomic E-state index is 13.0. The van der Waals surface area contributed by atoms with Gasteiger partial charge in [-0.2, -0.15) is 0 Å². The monoisotopic (exact) mass is 501 g/mol. The highest BCUT2D eigenvalue weighted by Crippen LogP contribution is 2.31. The summed E-state index contributed by atoms with van der Waals surface area (Å²) >= 11 is 6.03. The lowest BCUT2D eigenvalue weighted by Gasteiger charge is -2.40. The van der Waals surface area contributed by atoms with Crippen molar-refractivity contribution in [3.8, 4) is 0 Å². The zero-order valence-corrected chi connectivity index (χ0v) is 20.9. The molecule has 1 heterocycles. The summed E-state index contributed by atoms with van der Waals surface area (Å²) in [7, 11) is 0. The lowest BCUT2D eigenvalue weighted by atomic mass is 9.80. The Kier molecular flexibility index (Phi) is 9.84. The molecule has 1 aliphatic carbocycles. The summed E-state index contributed by atoms with van der Waals surface area (Å²) in [6.07, 6.45) is 1.68. The average Bonchev–Trinajstić information content (AvgIpc) is 2.75. The van der Waals surface area contributed by atoms with Gasteiger partial charge >= 0.3 is 17.8 Å². The van der Waals surface area contributed by atoms with Crippen molar-refractivity contribution in [3.05, 3.63) is 0 Å². The predicted octanol–water partition coefficient (Wildman–Crippen LogP) is -0.251. The molecule has 34 heavy (non-hydrogen) atoms. The number of nitrogens with one attached hydrogen (secondary N) is 3. The summed E-state index contributed by atoms with van der Waals surface area (Å²) in [5, 5.41) is 8.31. The third-order valence-corrected chi connectivity index (χ3v) is 6.59. The second-order valence-electron chi connectivity index (χ2n) is 9.56. The van der Waals surface area contributed by atoms with Gasteiger partial charge in [0, 0.05) is 44.4 Å². The van der Waals surface area contributed by atoms with E-state index < -0.39 is 53.2 Å². The summed E-state index contributed by atoms with van der Waals surface area (Å²) in [5.74, 6) is -4.02. The molecule has 1 saturated carbocycles. The highest BCUT2D eigenvalue weighted by Gasteiger charge is 2.42. The maximum Gasteiger partial charge on any atom is 0.311 e.